The Morgan fingerprint density at radius 3 is 3.16 bits per heavy atom. The minimum absolute atomic E-state index is 0.277. The van der Waals surface area contributed by atoms with Gasteiger partial charge in [0.1, 0.15) is 11.3 Å². The summed E-state index contributed by atoms with van der Waals surface area (Å²) in [6, 6.07) is 1.89. The maximum atomic E-state index is 8.52. The molecule has 0 bridgehead atoms. The first kappa shape index (κ1) is 12.1. The Morgan fingerprint density at radius 2 is 2.37 bits per heavy atom. The highest BCUT2D eigenvalue weighted by molar-refractivity contribution is 5.91. The lowest BCUT2D eigenvalue weighted by molar-refractivity contribution is 0.457. The van der Waals surface area contributed by atoms with Crippen LogP contribution in [-0.4, -0.2) is 20.4 Å². The molecule has 1 aliphatic rings. The van der Waals surface area contributed by atoms with E-state index in [2.05, 4.69) is 16.9 Å². The second kappa shape index (κ2) is 4.64. The fourth-order valence-electron chi connectivity index (χ4n) is 3.26. The lowest BCUT2D eigenvalue weighted by atomic mass is 9.92. The fraction of sp³-hybridized carbons (Fsp3) is 0.500. The first-order valence-corrected chi connectivity index (χ1v) is 6.91. The van der Waals surface area contributed by atoms with Crippen LogP contribution in [-0.2, 0) is 0 Å². The fourth-order valence-corrected chi connectivity index (χ4v) is 3.26. The SMILES string of the molecule is CCC1CCCC1C(=N)n1c(=N)cnc2[nH]ccc21. The van der Waals surface area contributed by atoms with Crippen LogP contribution in [0.2, 0.25) is 0 Å². The zero-order chi connectivity index (χ0) is 13.4. The van der Waals surface area contributed by atoms with Gasteiger partial charge in [-0.25, -0.2) is 4.98 Å². The highest BCUT2D eigenvalue weighted by atomic mass is 15.1. The molecule has 3 rings (SSSR count). The molecule has 100 valence electrons. The van der Waals surface area contributed by atoms with Gasteiger partial charge in [0.05, 0.1) is 11.7 Å². The number of aromatic amines is 1. The van der Waals surface area contributed by atoms with E-state index >= 15 is 0 Å². The van der Waals surface area contributed by atoms with Gasteiger partial charge in [-0.1, -0.05) is 19.8 Å². The summed E-state index contributed by atoms with van der Waals surface area (Å²) in [6.07, 6.45) is 7.91. The van der Waals surface area contributed by atoms with Gasteiger partial charge in [0.15, 0.2) is 5.65 Å². The van der Waals surface area contributed by atoms with Crippen molar-refractivity contribution in [2.24, 2.45) is 11.8 Å². The van der Waals surface area contributed by atoms with Crippen LogP contribution in [0.4, 0.5) is 0 Å². The van der Waals surface area contributed by atoms with Gasteiger partial charge in [-0.3, -0.25) is 15.4 Å². The number of hydrogen-bond donors (Lipinski definition) is 3. The van der Waals surface area contributed by atoms with Crippen molar-refractivity contribution in [3.8, 4) is 0 Å². The summed E-state index contributed by atoms with van der Waals surface area (Å²) in [6.45, 7) is 2.20. The third-order valence-electron chi connectivity index (χ3n) is 4.28. The second-order valence-electron chi connectivity index (χ2n) is 5.28. The van der Waals surface area contributed by atoms with Crippen LogP contribution in [0.5, 0.6) is 0 Å². The molecule has 0 radical (unpaired) electrons. The Balaban J connectivity index is 2.08. The minimum atomic E-state index is 0.277. The van der Waals surface area contributed by atoms with E-state index < -0.39 is 0 Å². The van der Waals surface area contributed by atoms with Gasteiger partial charge in [0.2, 0.25) is 0 Å². The summed E-state index contributed by atoms with van der Waals surface area (Å²) in [5.74, 6) is 1.42. The average Bonchev–Trinajstić information content (AvgIpc) is 3.05. The van der Waals surface area contributed by atoms with Crippen molar-refractivity contribution in [2.45, 2.75) is 32.6 Å². The highest BCUT2D eigenvalue weighted by Crippen LogP contribution is 2.35. The summed E-state index contributed by atoms with van der Waals surface area (Å²) in [5, 5.41) is 16.6. The summed E-state index contributed by atoms with van der Waals surface area (Å²) in [4.78, 5) is 7.23. The van der Waals surface area contributed by atoms with Gasteiger partial charge in [-0.05, 0) is 24.8 Å². The zero-order valence-electron chi connectivity index (χ0n) is 11.1. The number of H-pyrrole nitrogens is 1. The number of hydrogen-bond acceptors (Lipinski definition) is 3. The molecule has 2 heterocycles. The first-order chi connectivity index (χ1) is 9.22. The van der Waals surface area contributed by atoms with Crippen LogP contribution in [0.25, 0.3) is 11.2 Å². The Hall–Kier alpha value is -1.91. The summed E-state index contributed by atoms with van der Waals surface area (Å²) in [5.41, 5.74) is 1.87. The van der Waals surface area contributed by atoms with Crippen LogP contribution in [0.15, 0.2) is 18.5 Å². The molecule has 1 aliphatic carbocycles. The zero-order valence-corrected chi connectivity index (χ0v) is 11.1. The maximum absolute atomic E-state index is 8.52. The molecule has 1 saturated carbocycles. The monoisotopic (exact) mass is 257 g/mol. The summed E-state index contributed by atoms with van der Waals surface area (Å²) < 4.78 is 1.73. The van der Waals surface area contributed by atoms with Gasteiger partial charge < -0.3 is 4.98 Å². The molecule has 0 saturated heterocycles. The van der Waals surface area contributed by atoms with Crippen LogP contribution in [0.1, 0.15) is 32.6 Å². The normalized spacial score (nSPS) is 23.0. The highest BCUT2D eigenvalue weighted by Gasteiger charge is 2.30. The van der Waals surface area contributed by atoms with E-state index in [1.54, 1.807) is 4.57 Å². The number of rotatable bonds is 2. The Morgan fingerprint density at radius 1 is 1.53 bits per heavy atom. The number of aromatic nitrogens is 3. The van der Waals surface area contributed by atoms with Gasteiger partial charge in [-0.2, -0.15) is 0 Å². The smallest absolute Gasteiger partial charge is 0.154 e. The van der Waals surface area contributed by atoms with Crippen molar-refractivity contribution in [3.05, 3.63) is 23.9 Å². The quantitative estimate of drug-likeness (QED) is 0.560. The second-order valence-corrected chi connectivity index (χ2v) is 5.28. The maximum Gasteiger partial charge on any atom is 0.154 e. The lowest BCUT2D eigenvalue weighted by Gasteiger charge is -2.21. The van der Waals surface area contributed by atoms with E-state index in [0.29, 0.717) is 17.2 Å². The molecule has 2 atom stereocenters. The molecule has 5 heteroatoms. The molecule has 19 heavy (non-hydrogen) atoms. The summed E-state index contributed by atoms with van der Waals surface area (Å²) >= 11 is 0. The predicted molar refractivity (Wildman–Crippen MR) is 74.2 cm³/mol. The molecule has 1 fully saturated rings. The third kappa shape index (κ3) is 1.89. The van der Waals surface area contributed by atoms with Crippen molar-refractivity contribution >= 4 is 17.0 Å². The van der Waals surface area contributed by atoms with E-state index in [-0.39, 0.29) is 5.92 Å². The van der Waals surface area contributed by atoms with E-state index in [9.17, 15) is 0 Å². The van der Waals surface area contributed by atoms with Gasteiger partial charge in [0.25, 0.3) is 0 Å². The van der Waals surface area contributed by atoms with Crippen molar-refractivity contribution in [2.75, 3.05) is 0 Å². The van der Waals surface area contributed by atoms with Crippen molar-refractivity contribution in [3.63, 3.8) is 0 Å². The van der Waals surface area contributed by atoms with Gasteiger partial charge in [-0.15, -0.1) is 0 Å². The molecule has 0 aromatic carbocycles. The predicted octanol–water partition coefficient (Wildman–Crippen LogP) is 2.50. The van der Waals surface area contributed by atoms with E-state index in [1.807, 2.05) is 12.3 Å². The van der Waals surface area contributed by atoms with Crippen molar-refractivity contribution in [1.29, 1.82) is 10.8 Å². The number of fused-ring (bicyclic) bond motifs is 1. The van der Waals surface area contributed by atoms with Gasteiger partial charge in [0, 0.05) is 12.1 Å². The number of nitrogens with one attached hydrogen (secondary N) is 3. The average molecular weight is 257 g/mol. The number of nitrogens with zero attached hydrogens (tertiary/aromatic N) is 2. The molecule has 0 aliphatic heterocycles. The molecular weight excluding hydrogens is 238 g/mol. The first-order valence-electron chi connectivity index (χ1n) is 6.91. The molecule has 2 aromatic heterocycles. The molecule has 5 nitrogen and oxygen atoms in total. The summed E-state index contributed by atoms with van der Waals surface area (Å²) in [7, 11) is 0. The van der Waals surface area contributed by atoms with E-state index in [0.717, 1.165) is 24.0 Å². The largest absolute Gasteiger partial charge is 0.345 e. The molecule has 0 amide bonds. The van der Waals surface area contributed by atoms with Crippen LogP contribution in [0.3, 0.4) is 0 Å². The van der Waals surface area contributed by atoms with Crippen molar-refractivity contribution in [1.82, 2.24) is 14.5 Å². The van der Waals surface area contributed by atoms with Crippen molar-refractivity contribution < 1.29 is 0 Å². The molecule has 3 N–H and O–H groups in total. The van der Waals surface area contributed by atoms with Crippen LogP contribution >= 0.6 is 0 Å². The Kier molecular flexibility index (Phi) is 2.97. The van der Waals surface area contributed by atoms with Gasteiger partial charge >= 0.3 is 0 Å². The van der Waals surface area contributed by atoms with Crippen LogP contribution < -0.4 is 5.49 Å². The standard InChI is InChI=1S/C14H19N5/c1-2-9-4-3-5-10(9)13(16)19-11-6-7-17-14(11)18-8-12(19)15/h6-10,15-17H,2-5H2,1H3. The topological polar surface area (TPSA) is 81.3 Å². The Bertz CT molecular complexity index is 666. The molecular formula is C14H19N5. The third-order valence-corrected chi connectivity index (χ3v) is 4.28. The molecule has 0 spiro atoms. The van der Waals surface area contributed by atoms with E-state index in [4.69, 9.17) is 10.8 Å². The lowest BCUT2D eigenvalue weighted by Crippen LogP contribution is -2.33. The molecule has 2 unspecified atom stereocenters. The molecule has 2 aromatic rings. The minimum Gasteiger partial charge on any atom is -0.345 e. The van der Waals surface area contributed by atoms with E-state index in [1.165, 1.54) is 19.0 Å². The van der Waals surface area contributed by atoms with Crippen LogP contribution in [0, 0.1) is 22.7 Å². The Labute approximate surface area is 111 Å².